The molecule has 0 saturated carbocycles. The van der Waals surface area contributed by atoms with E-state index in [1.54, 1.807) is 0 Å². The van der Waals surface area contributed by atoms with E-state index in [0.717, 1.165) is 31.7 Å². The summed E-state index contributed by atoms with van der Waals surface area (Å²) in [5, 5.41) is 3.15. The zero-order valence-corrected chi connectivity index (χ0v) is 14.9. The van der Waals surface area contributed by atoms with Crippen molar-refractivity contribution in [2.75, 3.05) is 18.8 Å². The van der Waals surface area contributed by atoms with Gasteiger partial charge in [0.15, 0.2) is 0 Å². The van der Waals surface area contributed by atoms with Gasteiger partial charge >= 0.3 is 0 Å². The molecule has 1 fully saturated rings. The standard InChI is InChI=1S/C17H24N2OS.ClH/c1-12(2)6-9-19-16(20)13-11-21-17-8-4-3-5-15(17)18-10-7-14(13)17;/h3-5,8,12-14H,6-7,9-11H2,1-2H3,(H,19,20);1H. The van der Waals surface area contributed by atoms with Crippen molar-refractivity contribution >= 4 is 35.8 Å². The molecule has 1 saturated heterocycles. The van der Waals surface area contributed by atoms with E-state index >= 15 is 0 Å². The van der Waals surface area contributed by atoms with Crippen molar-refractivity contribution in [3.05, 3.63) is 24.3 Å². The molecule has 122 valence electrons. The number of thioether (sulfide) groups is 1. The van der Waals surface area contributed by atoms with Crippen LogP contribution in [0, 0.1) is 17.8 Å². The fraction of sp³-hybridized carbons (Fsp3) is 0.647. The summed E-state index contributed by atoms with van der Waals surface area (Å²) in [5.74, 6) is 2.32. The summed E-state index contributed by atoms with van der Waals surface area (Å²) in [7, 11) is 0. The summed E-state index contributed by atoms with van der Waals surface area (Å²) < 4.78 is -0.0347. The van der Waals surface area contributed by atoms with Gasteiger partial charge in [-0.15, -0.1) is 24.2 Å². The molecule has 2 heterocycles. The first-order valence-corrected chi connectivity index (χ1v) is 8.94. The Bertz CT molecular complexity index is 515. The van der Waals surface area contributed by atoms with Gasteiger partial charge in [-0.3, -0.25) is 9.79 Å². The maximum Gasteiger partial charge on any atom is 0.224 e. The fourth-order valence-electron chi connectivity index (χ4n) is 3.54. The van der Waals surface area contributed by atoms with Gasteiger partial charge in [0.1, 0.15) is 0 Å². The largest absolute Gasteiger partial charge is 0.356 e. The average molecular weight is 341 g/mol. The summed E-state index contributed by atoms with van der Waals surface area (Å²) in [6.45, 7) is 6.04. The number of halogens is 1. The number of carbonyl (C=O) groups excluding carboxylic acids is 1. The van der Waals surface area contributed by atoms with Crippen molar-refractivity contribution in [3.8, 4) is 0 Å². The quantitative estimate of drug-likeness (QED) is 0.853. The minimum Gasteiger partial charge on any atom is -0.356 e. The first kappa shape index (κ1) is 17.6. The molecule has 22 heavy (non-hydrogen) atoms. The number of hydrogen-bond donors (Lipinski definition) is 1. The molecule has 3 rings (SSSR count). The molecule has 1 aliphatic carbocycles. The Morgan fingerprint density at radius 2 is 2.32 bits per heavy atom. The molecule has 0 aromatic heterocycles. The van der Waals surface area contributed by atoms with Gasteiger partial charge in [-0.25, -0.2) is 0 Å². The monoisotopic (exact) mass is 340 g/mol. The third-order valence-electron chi connectivity index (χ3n) is 4.73. The van der Waals surface area contributed by atoms with Crippen molar-refractivity contribution in [2.24, 2.45) is 22.7 Å². The molecule has 5 heteroatoms. The van der Waals surface area contributed by atoms with Crippen molar-refractivity contribution < 1.29 is 4.79 Å². The molecular weight excluding hydrogens is 316 g/mol. The topological polar surface area (TPSA) is 41.5 Å². The van der Waals surface area contributed by atoms with Crippen LogP contribution in [0.25, 0.3) is 0 Å². The molecule has 1 amide bonds. The molecule has 0 aromatic rings. The molecule has 0 aromatic carbocycles. The lowest BCUT2D eigenvalue weighted by atomic mass is 9.74. The van der Waals surface area contributed by atoms with Crippen LogP contribution < -0.4 is 5.32 Å². The first-order valence-electron chi connectivity index (χ1n) is 7.96. The predicted molar refractivity (Wildman–Crippen MR) is 97.1 cm³/mol. The highest BCUT2D eigenvalue weighted by molar-refractivity contribution is 8.02. The Balaban J connectivity index is 0.00000176. The summed E-state index contributed by atoms with van der Waals surface area (Å²) in [4.78, 5) is 17.2. The molecule has 1 N–H and O–H groups in total. The average Bonchev–Trinajstić information content (AvgIpc) is 2.84. The van der Waals surface area contributed by atoms with Crippen LogP contribution in [0.2, 0.25) is 0 Å². The normalized spacial score (nSPS) is 32.0. The Morgan fingerprint density at radius 3 is 3.09 bits per heavy atom. The number of nitrogens with zero attached hydrogens (tertiary/aromatic N) is 1. The van der Waals surface area contributed by atoms with Gasteiger partial charge in [0, 0.05) is 18.8 Å². The maximum atomic E-state index is 12.5. The summed E-state index contributed by atoms with van der Waals surface area (Å²) in [6, 6.07) is 0. The summed E-state index contributed by atoms with van der Waals surface area (Å²) in [5.41, 5.74) is 1.17. The SMILES string of the molecule is CC(C)CCNC(=O)C1CSC23C=CC=CC2=NCCC13.Cl. The Morgan fingerprint density at radius 1 is 1.50 bits per heavy atom. The number of allylic oxidation sites excluding steroid dienone is 3. The van der Waals surface area contributed by atoms with Crippen molar-refractivity contribution in [3.63, 3.8) is 0 Å². The number of aliphatic imine (C=N–C) groups is 1. The lowest BCUT2D eigenvalue weighted by Crippen LogP contribution is -2.46. The molecular formula is C17H25ClN2OS. The summed E-state index contributed by atoms with van der Waals surface area (Å²) in [6.07, 6.45) is 10.6. The molecule has 3 atom stereocenters. The minimum atomic E-state index is -0.0347. The Kier molecular flexibility index (Phi) is 5.78. The van der Waals surface area contributed by atoms with E-state index in [-0.39, 0.29) is 29.0 Å². The second-order valence-corrected chi connectivity index (χ2v) is 7.86. The van der Waals surface area contributed by atoms with Crippen LogP contribution in [0.3, 0.4) is 0 Å². The molecule has 1 spiro atoms. The van der Waals surface area contributed by atoms with E-state index in [0.29, 0.717) is 11.8 Å². The van der Waals surface area contributed by atoms with E-state index in [1.807, 2.05) is 11.8 Å². The highest BCUT2D eigenvalue weighted by Gasteiger charge is 2.53. The number of rotatable bonds is 4. The van der Waals surface area contributed by atoms with Gasteiger partial charge in [0.05, 0.1) is 16.4 Å². The van der Waals surface area contributed by atoms with E-state index in [9.17, 15) is 4.79 Å². The van der Waals surface area contributed by atoms with Crippen LogP contribution in [0.4, 0.5) is 0 Å². The van der Waals surface area contributed by atoms with Crippen molar-refractivity contribution in [1.29, 1.82) is 0 Å². The van der Waals surface area contributed by atoms with Gasteiger partial charge in [-0.2, -0.15) is 0 Å². The smallest absolute Gasteiger partial charge is 0.224 e. The second-order valence-electron chi connectivity index (χ2n) is 6.56. The predicted octanol–water partition coefficient (Wildman–Crippen LogP) is 3.26. The zero-order chi connectivity index (χ0) is 14.9. The third-order valence-corrected chi connectivity index (χ3v) is 6.38. The highest BCUT2D eigenvalue weighted by atomic mass is 35.5. The van der Waals surface area contributed by atoms with Gasteiger partial charge in [0.2, 0.25) is 5.91 Å². The van der Waals surface area contributed by atoms with Crippen LogP contribution in [-0.2, 0) is 4.79 Å². The van der Waals surface area contributed by atoms with Gasteiger partial charge in [0.25, 0.3) is 0 Å². The molecule has 2 aliphatic heterocycles. The fourth-order valence-corrected chi connectivity index (χ4v) is 5.33. The zero-order valence-electron chi connectivity index (χ0n) is 13.2. The lowest BCUT2D eigenvalue weighted by Gasteiger charge is -2.38. The van der Waals surface area contributed by atoms with Gasteiger partial charge in [-0.1, -0.05) is 32.1 Å². The number of carbonyl (C=O) groups is 1. The van der Waals surface area contributed by atoms with Crippen LogP contribution in [0.1, 0.15) is 26.7 Å². The van der Waals surface area contributed by atoms with E-state index < -0.39 is 0 Å². The Labute approximate surface area is 143 Å². The number of hydrogen-bond acceptors (Lipinski definition) is 3. The van der Waals surface area contributed by atoms with E-state index in [2.05, 4.69) is 43.5 Å². The van der Waals surface area contributed by atoms with E-state index in [4.69, 9.17) is 4.99 Å². The minimum absolute atomic E-state index is 0. The lowest BCUT2D eigenvalue weighted by molar-refractivity contribution is -0.125. The second kappa shape index (κ2) is 7.22. The molecule has 3 nitrogen and oxygen atoms in total. The molecule has 3 unspecified atom stereocenters. The Hall–Kier alpha value is -0.740. The first-order chi connectivity index (χ1) is 10.1. The van der Waals surface area contributed by atoms with Gasteiger partial charge in [-0.05, 0) is 30.8 Å². The summed E-state index contributed by atoms with van der Waals surface area (Å²) >= 11 is 1.90. The molecule has 3 aliphatic rings. The van der Waals surface area contributed by atoms with E-state index in [1.165, 1.54) is 5.71 Å². The van der Waals surface area contributed by atoms with Crippen molar-refractivity contribution in [1.82, 2.24) is 5.32 Å². The molecule has 0 radical (unpaired) electrons. The highest BCUT2D eigenvalue weighted by Crippen LogP contribution is 2.52. The maximum absolute atomic E-state index is 12.5. The number of amides is 1. The van der Waals surface area contributed by atoms with Crippen molar-refractivity contribution in [2.45, 2.75) is 31.4 Å². The van der Waals surface area contributed by atoms with Crippen LogP contribution in [0.15, 0.2) is 29.3 Å². The van der Waals surface area contributed by atoms with Crippen LogP contribution >= 0.6 is 24.2 Å². The number of nitrogens with one attached hydrogen (secondary N) is 1. The third kappa shape index (κ3) is 3.13. The van der Waals surface area contributed by atoms with Crippen LogP contribution in [0.5, 0.6) is 0 Å². The van der Waals surface area contributed by atoms with Gasteiger partial charge < -0.3 is 5.32 Å². The van der Waals surface area contributed by atoms with Crippen LogP contribution in [-0.4, -0.2) is 35.2 Å². The molecule has 0 bridgehead atoms.